The summed E-state index contributed by atoms with van der Waals surface area (Å²) in [4.78, 5) is 24.4. The highest BCUT2D eigenvalue weighted by Crippen LogP contribution is 2.47. The fourth-order valence-corrected chi connectivity index (χ4v) is 4.29. The van der Waals surface area contributed by atoms with Crippen LogP contribution < -0.4 is 16.4 Å². The Morgan fingerprint density at radius 2 is 2.04 bits per heavy atom. The van der Waals surface area contributed by atoms with Crippen LogP contribution in [0.3, 0.4) is 0 Å². The van der Waals surface area contributed by atoms with Gasteiger partial charge in [0, 0.05) is 22.0 Å². The maximum atomic E-state index is 12.6. The number of carbonyl (C=O) groups is 2. The zero-order chi connectivity index (χ0) is 18.1. The molecule has 0 aromatic heterocycles. The number of allylic oxidation sites excluding steroid dienone is 1. The lowest BCUT2D eigenvalue weighted by atomic mass is 9.88. The number of nitriles is 1. The first-order chi connectivity index (χ1) is 11.9. The highest BCUT2D eigenvalue weighted by Gasteiger charge is 2.42. The molecule has 1 heterocycles. The van der Waals surface area contributed by atoms with Crippen molar-refractivity contribution in [2.45, 2.75) is 30.1 Å². The van der Waals surface area contributed by atoms with Gasteiger partial charge >= 0.3 is 6.03 Å². The second kappa shape index (κ2) is 7.16. The minimum Gasteiger partial charge on any atom is -0.393 e. The number of benzene rings is 1. The van der Waals surface area contributed by atoms with Crippen LogP contribution in [0.4, 0.5) is 4.79 Å². The van der Waals surface area contributed by atoms with E-state index in [-0.39, 0.29) is 16.6 Å². The molecule has 1 aliphatic carbocycles. The number of halogens is 2. The number of urea groups is 1. The van der Waals surface area contributed by atoms with Crippen molar-refractivity contribution in [2.75, 3.05) is 0 Å². The van der Waals surface area contributed by atoms with Gasteiger partial charge in [0.25, 0.3) is 0 Å². The van der Waals surface area contributed by atoms with Crippen molar-refractivity contribution in [3.63, 3.8) is 0 Å². The van der Waals surface area contributed by atoms with Crippen molar-refractivity contribution < 1.29 is 9.59 Å². The minimum absolute atomic E-state index is 0.128. The fraction of sp³-hybridized carbons (Fsp3) is 0.312. The van der Waals surface area contributed by atoms with E-state index in [4.69, 9.17) is 28.9 Å². The number of carbonyl (C=O) groups excluding carboxylic acids is 2. The van der Waals surface area contributed by atoms with Crippen molar-refractivity contribution >= 4 is 46.9 Å². The molecule has 25 heavy (non-hydrogen) atoms. The van der Waals surface area contributed by atoms with Gasteiger partial charge in [-0.25, -0.2) is 4.79 Å². The first-order valence-corrected chi connectivity index (χ1v) is 9.17. The molecule has 0 saturated heterocycles. The smallest absolute Gasteiger partial charge is 0.321 e. The number of hydrogen-bond acceptors (Lipinski definition) is 5. The van der Waals surface area contributed by atoms with Crippen LogP contribution in [0.25, 0.3) is 0 Å². The zero-order valence-corrected chi connectivity index (χ0v) is 15.2. The lowest BCUT2D eigenvalue weighted by Crippen LogP contribution is -2.45. The Kier molecular flexibility index (Phi) is 5.13. The van der Waals surface area contributed by atoms with Crippen LogP contribution in [0.15, 0.2) is 28.8 Å². The van der Waals surface area contributed by atoms with Gasteiger partial charge in [0.2, 0.25) is 5.91 Å². The molecule has 3 rings (SSSR count). The first kappa shape index (κ1) is 17.9. The molecule has 0 spiro atoms. The lowest BCUT2D eigenvalue weighted by Gasteiger charge is -2.20. The Morgan fingerprint density at radius 1 is 1.32 bits per heavy atom. The monoisotopic (exact) mass is 396 g/mol. The third-order valence-electron chi connectivity index (χ3n) is 3.96. The van der Waals surface area contributed by atoms with E-state index in [1.54, 1.807) is 18.2 Å². The van der Waals surface area contributed by atoms with Crippen molar-refractivity contribution in [1.82, 2.24) is 10.6 Å². The number of hydrogen-bond donors (Lipinski definition) is 3. The van der Waals surface area contributed by atoms with Gasteiger partial charge in [-0.15, -0.1) is 0 Å². The molecule has 2 unspecified atom stereocenters. The van der Waals surface area contributed by atoms with E-state index in [2.05, 4.69) is 10.6 Å². The van der Waals surface area contributed by atoms with Gasteiger partial charge < -0.3 is 11.1 Å². The highest BCUT2D eigenvalue weighted by atomic mass is 35.5. The Labute approximate surface area is 158 Å². The Morgan fingerprint density at radius 3 is 2.64 bits per heavy atom. The van der Waals surface area contributed by atoms with Crippen molar-refractivity contribution in [3.8, 4) is 6.07 Å². The molecule has 1 aliphatic heterocycles. The Balaban J connectivity index is 1.86. The molecule has 2 atom stereocenters. The van der Waals surface area contributed by atoms with E-state index in [1.165, 1.54) is 0 Å². The number of nitrogens with one attached hydrogen (secondary N) is 2. The molecule has 2 aliphatic rings. The number of nitrogens with two attached hydrogens (primary N) is 1. The van der Waals surface area contributed by atoms with E-state index in [0.29, 0.717) is 15.6 Å². The zero-order valence-electron chi connectivity index (χ0n) is 12.9. The second-order valence-electron chi connectivity index (χ2n) is 5.81. The molecular formula is C16H14Cl2N4O2S. The summed E-state index contributed by atoms with van der Waals surface area (Å²) in [5.41, 5.74) is 6.75. The number of thioether (sulfide) groups is 1. The van der Waals surface area contributed by atoms with Crippen LogP contribution in [0.2, 0.25) is 10.0 Å². The summed E-state index contributed by atoms with van der Waals surface area (Å²) in [5.74, 6) is -1.17. The quantitative estimate of drug-likeness (QED) is 0.727. The van der Waals surface area contributed by atoms with Gasteiger partial charge in [0.15, 0.2) is 0 Å². The SMILES string of the molecule is N#CC1=C(N)SC(C(=O)NC(=O)NC2CC2)C1c1ccc(Cl)cc1Cl. The largest absolute Gasteiger partial charge is 0.393 e. The highest BCUT2D eigenvalue weighted by molar-refractivity contribution is 8.04. The molecule has 1 aromatic carbocycles. The molecule has 1 fully saturated rings. The van der Waals surface area contributed by atoms with E-state index < -0.39 is 23.1 Å². The summed E-state index contributed by atoms with van der Waals surface area (Å²) < 4.78 is 0. The number of imide groups is 1. The Hall–Kier alpha value is -1.88. The molecule has 1 aromatic rings. The number of rotatable bonds is 3. The minimum atomic E-state index is -0.765. The van der Waals surface area contributed by atoms with Crippen molar-refractivity contribution in [1.29, 1.82) is 5.26 Å². The molecule has 3 amide bonds. The fourth-order valence-electron chi connectivity index (χ4n) is 2.61. The normalized spacial score (nSPS) is 22.4. The molecule has 4 N–H and O–H groups in total. The van der Waals surface area contributed by atoms with Crippen molar-refractivity contribution in [3.05, 3.63) is 44.4 Å². The predicted octanol–water partition coefficient (Wildman–Crippen LogP) is 2.87. The van der Waals surface area contributed by atoms with Crippen LogP contribution in [0, 0.1) is 11.3 Å². The van der Waals surface area contributed by atoms with Gasteiger partial charge in [-0.1, -0.05) is 41.0 Å². The van der Waals surface area contributed by atoms with Crippen LogP contribution in [0.5, 0.6) is 0 Å². The Bertz CT molecular complexity index is 817. The average molecular weight is 397 g/mol. The molecule has 130 valence electrons. The van der Waals surface area contributed by atoms with E-state index in [0.717, 1.165) is 24.6 Å². The first-order valence-electron chi connectivity index (χ1n) is 7.53. The predicted molar refractivity (Wildman–Crippen MR) is 97.1 cm³/mol. The van der Waals surface area contributed by atoms with E-state index in [9.17, 15) is 14.9 Å². The number of amides is 3. The second-order valence-corrected chi connectivity index (χ2v) is 7.84. The van der Waals surface area contributed by atoms with Crippen LogP contribution in [0.1, 0.15) is 24.3 Å². The maximum Gasteiger partial charge on any atom is 0.321 e. The molecular weight excluding hydrogens is 383 g/mol. The van der Waals surface area contributed by atoms with E-state index >= 15 is 0 Å². The standard InChI is InChI=1S/C16H14Cl2N4O2S/c17-7-1-4-9(11(18)5-7)12-10(6-19)14(20)25-13(12)15(23)22-16(24)21-8-2-3-8/h1,4-5,8,12-13H,2-3,20H2,(H2,21,22,23,24). The summed E-state index contributed by atoms with van der Waals surface area (Å²) in [5, 5.41) is 14.7. The summed E-state index contributed by atoms with van der Waals surface area (Å²) >= 11 is 13.2. The van der Waals surface area contributed by atoms with Gasteiger partial charge in [-0.05, 0) is 30.5 Å². The van der Waals surface area contributed by atoms with Gasteiger partial charge in [0.05, 0.1) is 16.7 Å². The van der Waals surface area contributed by atoms with Crippen LogP contribution in [-0.4, -0.2) is 23.2 Å². The van der Waals surface area contributed by atoms with Gasteiger partial charge in [-0.3, -0.25) is 10.1 Å². The number of nitrogens with zero attached hydrogens (tertiary/aromatic N) is 1. The lowest BCUT2D eigenvalue weighted by molar-refractivity contribution is -0.119. The summed E-state index contributed by atoms with van der Waals surface area (Å²) in [6.45, 7) is 0. The summed E-state index contributed by atoms with van der Waals surface area (Å²) in [6.07, 6.45) is 1.83. The molecule has 0 radical (unpaired) electrons. The topological polar surface area (TPSA) is 108 Å². The molecule has 9 heteroatoms. The maximum absolute atomic E-state index is 12.6. The van der Waals surface area contributed by atoms with E-state index in [1.807, 2.05) is 6.07 Å². The van der Waals surface area contributed by atoms with Crippen LogP contribution >= 0.6 is 35.0 Å². The van der Waals surface area contributed by atoms with Gasteiger partial charge in [-0.2, -0.15) is 5.26 Å². The third-order valence-corrected chi connectivity index (χ3v) is 5.74. The molecule has 1 saturated carbocycles. The summed E-state index contributed by atoms with van der Waals surface area (Å²) in [6, 6.07) is 6.47. The average Bonchev–Trinajstić information content (AvgIpc) is 3.28. The molecule has 6 nitrogen and oxygen atoms in total. The molecule has 0 bridgehead atoms. The third kappa shape index (κ3) is 3.87. The van der Waals surface area contributed by atoms with Gasteiger partial charge in [0.1, 0.15) is 5.25 Å². The van der Waals surface area contributed by atoms with Crippen LogP contribution in [-0.2, 0) is 4.79 Å². The summed E-state index contributed by atoms with van der Waals surface area (Å²) in [7, 11) is 0. The van der Waals surface area contributed by atoms with Crippen molar-refractivity contribution in [2.24, 2.45) is 5.73 Å².